The Kier molecular flexibility index (Phi) is 1.87. The van der Waals surface area contributed by atoms with Crippen LogP contribution >= 0.6 is 0 Å². The summed E-state index contributed by atoms with van der Waals surface area (Å²) < 4.78 is 0. The molecule has 1 atom stereocenters. The Labute approximate surface area is 58.9 Å². The standard InChI is InChI=1S/C7H10N2O/c1-5(8)6-2-3-7(10)9-4-6/h2-5H,8H2,1H3,(H,9,10). The van der Waals surface area contributed by atoms with Crippen molar-refractivity contribution in [3.8, 4) is 0 Å². The minimum absolute atomic E-state index is 0.0168. The highest BCUT2D eigenvalue weighted by Gasteiger charge is 1.95. The van der Waals surface area contributed by atoms with Crippen molar-refractivity contribution in [1.82, 2.24) is 4.98 Å². The molecule has 1 rings (SSSR count). The molecule has 10 heavy (non-hydrogen) atoms. The van der Waals surface area contributed by atoms with Gasteiger partial charge in [-0.3, -0.25) is 4.79 Å². The molecule has 0 aliphatic heterocycles. The van der Waals surface area contributed by atoms with Crippen molar-refractivity contribution in [3.63, 3.8) is 0 Å². The minimum Gasteiger partial charge on any atom is -0.329 e. The molecular weight excluding hydrogens is 128 g/mol. The van der Waals surface area contributed by atoms with Crippen LogP contribution in [0.25, 0.3) is 0 Å². The number of hydrogen-bond acceptors (Lipinski definition) is 2. The number of H-pyrrole nitrogens is 1. The molecule has 0 aromatic carbocycles. The van der Waals surface area contributed by atoms with E-state index >= 15 is 0 Å². The smallest absolute Gasteiger partial charge is 0.247 e. The molecule has 3 nitrogen and oxygen atoms in total. The van der Waals surface area contributed by atoms with Crippen LogP contribution in [0.1, 0.15) is 18.5 Å². The van der Waals surface area contributed by atoms with Gasteiger partial charge in [-0.05, 0) is 12.5 Å². The minimum atomic E-state index is -0.0931. The van der Waals surface area contributed by atoms with Crippen LogP contribution in [0.15, 0.2) is 23.1 Å². The SMILES string of the molecule is CC(N)c1ccc(=O)[nH]c1. The zero-order valence-corrected chi connectivity index (χ0v) is 5.79. The lowest BCUT2D eigenvalue weighted by Gasteiger charge is -2.01. The summed E-state index contributed by atoms with van der Waals surface area (Å²) in [5.74, 6) is 0. The van der Waals surface area contributed by atoms with E-state index in [1.54, 1.807) is 12.3 Å². The van der Waals surface area contributed by atoms with Gasteiger partial charge in [-0.15, -0.1) is 0 Å². The molecular formula is C7H10N2O. The van der Waals surface area contributed by atoms with Crippen LogP contribution in [0.2, 0.25) is 0 Å². The van der Waals surface area contributed by atoms with Crippen molar-refractivity contribution in [2.24, 2.45) is 5.73 Å². The summed E-state index contributed by atoms with van der Waals surface area (Å²) in [4.78, 5) is 13.1. The van der Waals surface area contributed by atoms with Crippen molar-refractivity contribution in [1.29, 1.82) is 0 Å². The van der Waals surface area contributed by atoms with Crippen LogP contribution in [0.3, 0.4) is 0 Å². The fourth-order valence-corrected chi connectivity index (χ4v) is 0.706. The van der Waals surface area contributed by atoms with E-state index in [1.807, 2.05) is 6.92 Å². The van der Waals surface area contributed by atoms with Gasteiger partial charge in [-0.25, -0.2) is 0 Å². The van der Waals surface area contributed by atoms with Gasteiger partial charge in [0, 0.05) is 18.3 Å². The van der Waals surface area contributed by atoms with E-state index < -0.39 is 0 Å². The van der Waals surface area contributed by atoms with E-state index in [2.05, 4.69) is 4.98 Å². The number of nitrogens with two attached hydrogens (primary N) is 1. The highest BCUT2D eigenvalue weighted by Crippen LogP contribution is 2.03. The van der Waals surface area contributed by atoms with E-state index in [0.29, 0.717) is 0 Å². The average molecular weight is 138 g/mol. The average Bonchev–Trinajstić information content (AvgIpc) is 1.88. The second kappa shape index (κ2) is 2.66. The zero-order chi connectivity index (χ0) is 7.56. The van der Waals surface area contributed by atoms with E-state index in [1.165, 1.54) is 6.07 Å². The number of hydrogen-bond donors (Lipinski definition) is 2. The first kappa shape index (κ1) is 7.02. The molecule has 0 aliphatic rings. The van der Waals surface area contributed by atoms with E-state index in [0.717, 1.165) is 5.56 Å². The summed E-state index contributed by atoms with van der Waals surface area (Å²) in [6.07, 6.45) is 1.63. The predicted octanol–water partition coefficient (Wildman–Crippen LogP) is 0.395. The van der Waals surface area contributed by atoms with Crippen molar-refractivity contribution in [2.45, 2.75) is 13.0 Å². The summed E-state index contributed by atoms with van der Waals surface area (Å²) in [6.45, 7) is 1.87. The molecule has 54 valence electrons. The third-order valence-electron chi connectivity index (χ3n) is 1.33. The Morgan fingerprint density at radius 2 is 2.30 bits per heavy atom. The van der Waals surface area contributed by atoms with Crippen molar-refractivity contribution < 1.29 is 0 Å². The van der Waals surface area contributed by atoms with Crippen molar-refractivity contribution >= 4 is 0 Å². The zero-order valence-electron chi connectivity index (χ0n) is 5.79. The van der Waals surface area contributed by atoms with E-state index in [-0.39, 0.29) is 11.6 Å². The molecule has 0 saturated heterocycles. The van der Waals surface area contributed by atoms with Gasteiger partial charge in [0.1, 0.15) is 0 Å². The number of aromatic amines is 1. The maximum atomic E-state index is 10.5. The van der Waals surface area contributed by atoms with Crippen LogP contribution in [0.4, 0.5) is 0 Å². The molecule has 0 bridgehead atoms. The van der Waals surface area contributed by atoms with Gasteiger partial charge in [0.15, 0.2) is 0 Å². The normalized spacial score (nSPS) is 13.0. The number of pyridine rings is 1. The number of aromatic nitrogens is 1. The molecule has 3 heteroatoms. The molecule has 0 amide bonds. The lowest BCUT2D eigenvalue weighted by Crippen LogP contribution is -2.09. The molecule has 1 aromatic rings. The second-order valence-electron chi connectivity index (χ2n) is 2.27. The first-order valence-corrected chi connectivity index (χ1v) is 3.14. The van der Waals surface area contributed by atoms with E-state index in [4.69, 9.17) is 5.73 Å². The Hall–Kier alpha value is -1.09. The Balaban J connectivity index is 3.00. The number of nitrogens with one attached hydrogen (secondary N) is 1. The number of rotatable bonds is 1. The van der Waals surface area contributed by atoms with Crippen LogP contribution in [0, 0.1) is 0 Å². The van der Waals surface area contributed by atoms with Crippen LogP contribution in [0.5, 0.6) is 0 Å². The third-order valence-corrected chi connectivity index (χ3v) is 1.33. The lowest BCUT2D eigenvalue weighted by atomic mass is 10.2. The molecule has 0 saturated carbocycles. The third kappa shape index (κ3) is 1.45. The van der Waals surface area contributed by atoms with Gasteiger partial charge in [0.2, 0.25) is 5.56 Å². The Bertz CT molecular complexity index is 244. The monoisotopic (exact) mass is 138 g/mol. The topological polar surface area (TPSA) is 58.9 Å². The Morgan fingerprint density at radius 3 is 2.70 bits per heavy atom. The lowest BCUT2D eigenvalue weighted by molar-refractivity contribution is 0.810. The summed E-state index contributed by atoms with van der Waals surface area (Å²) >= 11 is 0. The summed E-state index contributed by atoms with van der Waals surface area (Å²) in [5.41, 5.74) is 6.39. The van der Waals surface area contributed by atoms with Crippen molar-refractivity contribution in [3.05, 3.63) is 34.2 Å². The summed E-state index contributed by atoms with van der Waals surface area (Å²) in [5, 5.41) is 0. The first-order chi connectivity index (χ1) is 4.70. The molecule has 0 radical (unpaired) electrons. The largest absolute Gasteiger partial charge is 0.329 e. The molecule has 0 aliphatic carbocycles. The molecule has 1 aromatic heterocycles. The van der Waals surface area contributed by atoms with Crippen molar-refractivity contribution in [2.75, 3.05) is 0 Å². The fraction of sp³-hybridized carbons (Fsp3) is 0.286. The maximum absolute atomic E-state index is 10.5. The van der Waals surface area contributed by atoms with E-state index in [9.17, 15) is 4.79 Å². The maximum Gasteiger partial charge on any atom is 0.247 e. The highest BCUT2D eigenvalue weighted by atomic mass is 16.1. The summed E-state index contributed by atoms with van der Waals surface area (Å²) in [6, 6.07) is 3.18. The van der Waals surface area contributed by atoms with Gasteiger partial charge in [-0.2, -0.15) is 0 Å². The quantitative estimate of drug-likeness (QED) is 0.590. The Morgan fingerprint density at radius 1 is 1.60 bits per heavy atom. The highest BCUT2D eigenvalue weighted by molar-refractivity contribution is 5.11. The molecule has 0 fully saturated rings. The van der Waals surface area contributed by atoms with Gasteiger partial charge in [0.05, 0.1) is 0 Å². The second-order valence-corrected chi connectivity index (χ2v) is 2.27. The molecule has 3 N–H and O–H groups in total. The molecule has 0 spiro atoms. The summed E-state index contributed by atoms with van der Waals surface area (Å²) in [7, 11) is 0. The van der Waals surface area contributed by atoms with Crippen LogP contribution < -0.4 is 11.3 Å². The van der Waals surface area contributed by atoms with Gasteiger partial charge < -0.3 is 10.7 Å². The van der Waals surface area contributed by atoms with Gasteiger partial charge in [-0.1, -0.05) is 6.07 Å². The first-order valence-electron chi connectivity index (χ1n) is 3.14. The fourth-order valence-electron chi connectivity index (χ4n) is 0.706. The van der Waals surface area contributed by atoms with Crippen LogP contribution in [-0.4, -0.2) is 4.98 Å². The molecule has 1 unspecified atom stereocenters. The molecule has 1 heterocycles. The van der Waals surface area contributed by atoms with Gasteiger partial charge in [0.25, 0.3) is 0 Å². The van der Waals surface area contributed by atoms with Gasteiger partial charge >= 0.3 is 0 Å². The van der Waals surface area contributed by atoms with Crippen LogP contribution in [-0.2, 0) is 0 Å². The predicted molar refractivity (Wildman–Crippen MR) is 39.7 cm³/mol.